The molecule has 0 radical (unpaired) electrons. The molecule has 32 heavy (non-hydrogen) atoms. The SMILES string of the molecule is COc1ccc(CN2CCCN(C(=O)c3nn(-c4ccc(C)cc4C)nc3C)CC2)cc1. The predicted octanol–water partition coefficient (Wildman–Crippen LogP) is 3.55. The van der Waals surface area contributed by atoms with Crippen molar-refractivity contribution < 1.29 is 9.53 Å². The zero-order valence-corrected chi connectivity index (χ0v) is 19.3. The number of carbonyl (C=O) groups excluding carboxylic acids is 1. The van der Waals surface area contributed by atoms with Crippen molar-refractivity contribution in [2.24, 2.45) is 0 Å². The van der Waals surface area contributed by atoms with Gasteiger partial charge in [-0.25, -0.2) is 0 Å². The summed E-state index contributed by atoms with van der Waals surface area (Å²) < 4.78 is 5.24. The number of methoxy groups -OCH3 is 1. The number of aryl methyl sites for hydroxylation is 3. The first-order chi connectivity index (χ1) is 15.4. The number of amides is 1. The number of hydrogen-bond donors (Lipinski definition) is 0. The number of ether oxygens (including phenoxy) is 1. The molecule has 1 amide bonds. The van der Waals surface area contributed by atoms with Crippen LogP contribution in [0.25, 0.3) is 5.69 Å². The predicted molar refractivity (Wildman–Crippen MR) is 124 cm³/mol. The van der Waals surface area contributed by atoms with Gasteiger partial charge in [0.2, 0.25) is 0 Å². The molecule has 2 heterocycles. The third-order valence-corrected chi connectivity index (χ3v) is 5.99. The Hall–Kier alpha value is -3.19. The van der Waals surface area contributed by atoms with Crippen LogP contribution in [0.4, 0.5) is 0 Å². The summed E-state index contributed by atoms with van der Waals surface area (Å²) in [5, 5.41) is 9.10. The van der Waals surface area contributed by atoms with Crippen LogP contribution in [0.5, 0.6) is 5.75 Å². The van der Waals surface area contributed by atoms with Crippen molar-refractivity contribution >= 4 is 5.91 Å². The summed E-state index contributed by atoms with van der Waals surface area (Å²) in [6, 6.07) is 14.3. The monoisotopic (exact) mass is 433 g/mol. The lowest BCUT2D eigenvalue weighted by molar-refractivity contribution is 0.0754. The minimum absolute atomic E-state index is 0.0372. The van der Waals surface area contributed by atoms with Gasteiger partial charge in [-0.3, -0.25) is 9.69 Å². The van der Waals surface area contributed by atoms with Gasteiger partial charge in [0.15, 0.2) is 5.69 Å². The Kier molecular flexibility index (Phi) is 6.55. The van der Waals surface area contributed by atoms with Gasteiger partial charge in [-0.05, 0) is 56.5 Å². The second-order valence-electron chi connectivity index (χ2n) is 8.48. The molecule has 2 aromatic carbocycles. The molecule has 0 aliphatic carbocycles. The fourth-order valence-electron chi connectivity index (χ4n) is 4.18. The van der Waals surface area contributed by atoms with Crippen molar-refractivity contribution in [1.29, 1.82) is 0 Å². The van der Waals surface area contributed by atoms with Gasteiger partial charge in [-0.1, -0.05) is 29.8 Å². The van der Waals surface area contributed by atoms with E-state index in [0.717, 1.165) is 49.6 Å². The number of carbonyl (C=O) groups is 1. The quantitative estimate of drug-likeness (QED) is 0.616. The maximum atomic E-state index is 13.3. The molecule has 0 atom stereocenters. The normalized spacial score (nSPS) is 14.9. The van der Waals surface area contributed by atoms with Gasteiger partial charge in [0.05, 0.1) is 18.5 Å². The third-order valence-electron chi connectivity index (χ3n) is 5.99. The lowest BCUT2D eigenvalue weighted by Crippen LogP contribution is -2.35. The lowest BCUT2D eigenvalue weighted by atomic mass is 10.1. The van der Waals surface area contributed by atoms with Crippen molar-refractivity contribution in [3.8, 4) is 11.4 Å². The molecule has 0 spiro atoms. The van der Waals surface area contributed by atoms with Gasteiger partial charge < -0.3 is 9.64 Å². The first-order valence-corrected chi connectivity index (χ1v) is 11.1. The van der Waals surface area contributed by atoms with Gasteiger partial charge in [-0.2, -0.15) is 9.90 Å². The maximum Gasteiger partial charge on any atom is 0.276 e. The van der Waals surface area contributed by atoms with Crippen molar-refractivity contribution in [3.63, 3.8) is 0 Å². The summed E-state index contributed by atoms with van der Waals surface area (Å²) in [6.45, 7) is 10.0. The molecule has 4 rings (SSSR count). The van der Waals surface area contributed by atoms with Crippen molar-refractivity contribution in [2.75, 3.05) is 33.3 Å². The Morgan fingerprint density at radius 1 is 0.969 bits per heavy atom. The molecule has 0 bridgehead atoms. The highest BCUT2D eigenvalue weighted by Crippen LogP contribution is 2.18. The number of aromatic nitrogens is 3. The van der Waals surface area contributed by atoms with Gasteiger partial charge >= 0.3 is 0 Å². The largest absolute Gasteiger partial charge is 0.497 e. The molecular formula is C25H31N5O2. The molecule has 0 N–H and O–H groups in total. The summed E-state index contributed by atoms with van der Waals surface area (Å²) in [5.74, 6) is 0.829. The molecule has 7 nitrogen and oxygen atoms in total. The molecule has 1 aliphatic rings. The summed E-state index contributed by atoms with van der Waals surface area (Å²) >= 11 is 0. The molecule has 1 aliphatic heterocycles. The topological polar surface area (TPSA) is 63.5 Å². The van der Waals surface area contributed by atoms with Crippen LogP contribution >= 0.6 is 0 Å². The Bertz CT molecular complexity index is 1090. The summed E-state index contributed by atoms with van der Waals surface area (Å²) in [6.07, 6.45) is 0.937. The van der Waals surface area contributed by atoms with Crippen LogP contribution in [-0.4, -0.2) is 64.0 Å². The van der Waals surface area contributed by atoms with E-state index in [-0.39, 0.29) is 5.91 Å². The Morgan fingerprint density at radius 2 is 1.75 bits per heavy atom. The Labute approximate surface area is 189 Å². The van der Waals surface area contributed by atoms with E-state index in [2.05, 4.69) is 40.2 Å². The maximum absolute atomic E-state index is 13.3. The van der Waals surface area contributed by atoms with E-state index in [1.807, 2.05) is 43.0 Å². The average Bonchev–Trinajstić information content (AvgIpc) is 3.01. The number of rotatable bonds is 5. The fraction of sp³-hybridized carbons (Fsp3) is 0.400. The summed E-state index contributed by atoms with van der Waals surface area (Å²) in [4.78, 5) is 19.2. The molecule has 168 valence electrons. The van der Waals surface area contributed by atoms with Crippen molar-refractivity contribution in [1.82, 2.24) is 24.8 Å². The smallest absolute Gasteiger partial charge is 0.276 e. The molecule has 1 fully saturated rings. The van der Waals surface area contributed by atoms with Crippen LogP contribution in [0.15, 0.2) is 42.5 Å². The fourth-order valence-corrected chi connectivity index (χ4v) is 4.18. The average molecular weight is 434 g/mol. The number of hydrogen-bond acceptors (Lipinski definition) is 5. The van der Waals surface area contributed by atoms with E-state index >= 15 is 0 Å². The minimum Gasteiger partial charge on any atom is -0.497 e. The van der Waals surface area contributed by atoms with E-state index in [4.69, 9.17) is 4.74 Å². The standard InChI is InChI=1S/C25H31N5O2/c1-18-6-11-23(19(2)16-18)30-26-20(3)24(27-30)25(31)29-13-5-12-28(14-15-29)17-21-7-9-22(32-4)10-8-21/h6-11,16H,5,12-15,17H2,1-4H3. The molecule has 3 aromatic rings. The van der Waals surface area contributed by atoms with Crippen LogP contribution in [0.2, 0.25) is 0 Å². The first kappa shape index (κ1) is 22.0. The summed E-state index contributed by atoms with van der Waals surface area (Å²) in [7, 11) is 1.68. The van der Waals surface area contributed by atoms with E-state index in [9.17, 15) is 4.79 Å². The first-order valence-electron chi connectivity index (χ1n) is 11.1. The number of nitrogens with zero attached hydrogens (tertiary/aromatic N) is 5. The zero-order valence-electron chi connectivity index (χ0n) is 19.3. The zero-order chi connectivity index (χ0) is 22.7. The third kappa shape index (κ3) is 4.83. The molecule has 0 saturated carbocycles. The molecular weight excluding hydrogens is 402 g/mol. The Balaban J connectivity index is 1.43. The van der Waals surface area contributed by atoms with Gasteiger partial charge in [0.1, 0.15) is 5.75 Å². The molecule has 1 aromatic heterocycles. The minimum atomic E-state index is -0.0372. The van der Waals surface area contributed by atoms with Crippen molar-refractivity contribution in [2.45, 2.75) is 33.7 Å². The van der Waals surface area contributed by atoms with Crippen LogP contribution in [0, 0.1) is 20.8 Å². The highest BCUT2D eigenvalue weighted by atomic mass is 16.5. The highest BCUT2D eigenvalue weighted by Gasteiger charge is 2.25. The summed E-state index contributed by atoms with van der Waals surface area (Å²) in [5.41, 5.74) is 5.53. The van der Waals surface area contributed by atoms with Crippen molar-refractivity contribution in [3.05, 3.63) is 70.5 Å². The van der Waals surface area contributed by atoms with E-state index in [0.29, 0.717) is 17.9 Å². The number of benzene rings is 2. The lowest BCUT2D eigenvalue weighted by Gasteiger charge is -2.21. The molecule has 1 saturated heterocycles. The van der Waals surface area contributed by atoms with Crippen LogP contribution < -0.4 is 4.74 Å². The van der Waals surface area contributed by atoms with Crippen LogP contribution in [0.1, 0.15) is 39.3 Å². The second-order valence-corrected chi connectivity index (χ2v) is 8.48. The Morgan fingerprint density at radius 3 is 2.47 bits per heavy atom. The second kappa shape index (κ2) is 9.53. The van der Waals surface area contributed by atoms with E-state index in [1.54, 1.807) is 11.9 Å². The van der Waals surface area contributed by atoms with Gasteiger partial charge in [0.25, 0.3) is 5.91 Å². The molecule has 7 heteroatoms. The molecule has 0 unspecified atom stereocenters. The van der Waals surface area contributed by atoms with Crippen LogP contribution in [-0.2, 0) is 6.54 Å². The van der Waals surface area contributed by atoms with E-state index < -0.39 is 0 Å². The highest BCUT2D eigenvalue weighted by molar-refractivity contribution is 5.93. The van der Waals surface area contributed by atoms with Gasteiger partial charge in [0, 0.05) is 32.7 Å². The van der Waals surface area contributed by atoms with Gasteiger partial charge in [-0.15, -0.1) is 5.10 Å². The van der Waals surface area contributed by atoms with E-state index in [1.165, 1.54) is 11.1 Å². The van der Waals surface area contributed by atoms with Crippen LogP contribution in [0.3, 0.4) is 0 Å².